The summed E-state index contributed by atoms with van der Waals surface area (Å²) in [6, 6.07) is 1.49. The van der Waals surface area contributed by atoms with Crippen molar-refractivity contribution >= 4 is 23.5 Å². The zero-order chi connectivity index (χ0) is 11.7. The summed E-state index contributed by atoms with van der Waals surface area (Å²) < 4.78 is 0. The Morgan fingerprint density at radius 3 is 2.81 bits per heavy atom. The van der Waals surface area contributed by atoms with Gasteiger partial charge in [0, 0.05) is 31.6 Å². The van der Waals surface area contributed by atoms with E-state index in [1.54, 1.807) is 0 Å². The highest BCUT2D eigenvalue weighted by molar-refractivity contribution is 5.95. The summed E-state index contributed by atoms with van der Waals surface area (Å²) in [5.74, 6) is 0.519. The van der Waals surface area contributed by atoms with Crippen LogP contribution in [0.4, 0.5) is 17.6 Å². The fourth-order valence-corrected chi connectivity index (χ4v) is 1.74. The van der Waals surface area contributed by atoms with Gasteiger partial charge in [0.05, 0.1) is 0 Å². The van der Waals surface area contributed by atoms with E-state index in [9.17, 15) is 4.79 Å². The van der Waals surface area contributed by atoms with Gasteiger partial charge in [-0.1, -0.05) is 0 Å². The van der Waals surface area contributed by atoms with Crippen molar-refractivity contribution in [3.05, 3.63) is 6.07 Å². The van der Waals surface area contributed by atoms with Crippen LogP contribution in [0.5, 0.6) is 0 Å². The molecule has 5 N–H and O–H groups in total. The second kappa shape index (κ2) is 3.93. The van der Waals surface area contributed by atoms with Crippen LogP contribution in [-0.4, -0.2) is 34.1 Å². The van der Waals surface area contributed by atoms with Gasteiger partial charge in [-0.05, 0) is 0 Å². The lowest BCUT2D eigenvalue weighted by Crippen LogP contribution is -2.26. The van der Waals surface area contributed by atoms with E-state index in [4.69, 9.17) is 16.6 Å². The van der Waals surface area contributed by atoms with E-state index in [2.05, 4.69) is 9.97 Å². The van der Waals surface area contributed by atoms with E-state index in [1.807, 2.05) is 0 Å². The van der Waals surface area contributed by atoms with Gasteiger partial charge in [-0.2, -0.15) is 9.97 Å². The largest absolute Gasteiger partial charge is 0.396 e. The molecule has 16 heavy (non-hydrogen) atoms. The molecule has 7 heteroatoms. The van der Waals surface area contributed by atoms with Crippen LogP contribution in [0, 0.1) is 5.92 Å². The number of aromatic nitrogens is 2. The maximum atomic E-state index is 11.6. The third-order valence-electron chi connectivity index (χ3n) is 2.49. The van der Waals surface area contributed by atoms with Crippen molar-refractivity contribution < 1.29 is 9.90 Å². The molecule has 1 saturated heterocycles. The molecule has 2 heterocycles. The van der Waals surface area contributed by atoms with E-state index >= 15 is 0 Å². The number of anilines is 3. The quantitative estimate of drug-likeness (QED) is 0.591. The summed E-state index contributed by atoms with van der Waals surface area (Å²) in [7, 11) is 0. The molecule has 1 fully saturated rings. The SMILES string of the molecule is Nc1cc(N2CC(CO)CC2=O)nc(N)n1. The molecule has 0 bridgehead atoms. The minimum Gasteiger partial charge on any atom is -0.396 e. The topological polar surface area (TPSA) is 118 Å². The maximum Gasteiger partial charge on any atom is 0.228 e. The average molecular weight is 223 g/mol. The molecule has 0 aliphatic carbocycles. The van der Waals surface area contributed by atoms with Crippen molar-refractivity contribution in [2.75, 3.05) is 29.5 Å². The van der Waals surface area contributed by atoms with Crippen LogP contribution in [0.15, 0.2) is 6.07 Å². The Balaban J connectivity index is 2.27. The predicted molar refractivity (Wildman–Crippen MR) is 58.4 cm³/mol. The van der Waals surface area contributed by atoms with Gasteiger partial charge in [-0.15, -0.1) is 0 Å². The molecule has 1 unspecified atom stereocenters. The number of amides is 1. The summed E-state index contributed by atoms with van der Waals surface area (Å²) in [6.07, 6.45) is 0.320. The number of rotatable bonds is 2. The third kappa shape index (κ3) is 1.89. The Kier molecular flexibility index (Phi) is 2.61. The second-order valence-electron chi connectivity index (χ2n) is 3.77. The molecule has 0 saturated carbocycles. The maximum absolute atomic E-state index is 11.6. The average Bonchev–Trinajstić information content (AvgIpc) is 2.58. The Hall–Kier alpha value is -1.89. The first kappa shape index (κ1) is 10.6. The standard InChI is InChI=1S/C9H13N5O2/c10-6-2-7(13-9(11)12-6)14-3-5(4-15)1-8(14)16/h2,5,15H,1,3-4H2,(H4,10,11,12,13). The number of nitrogens with zero attached hydrogens (tertiary/aromatic N) is 3. The highest BCUT2D eigenvalue weighted by Gasteiger charge is 2.31. The minimum absolute atomic E-state index is 0.0156. The summed E-state index contributed by atoms with van der Waals surface area (Å²) in [4.78, 5) is 20.8. The van der Waals surface area contributed by atoms with Crippen molar-refractivity contribution in [3.8, 4) is 0 Å². The fourth-order valence-electron chi connectivity index (χ4n) is 1.74. The van der Waals surface area contributed by atoms with Crippen LogP contribution in [0.25, 0.3) is 0 Å². The molecule has 1 amide bonds. The van der Waals surface area contributed by atoms with E-state index in [-0.39, 0.29) is 30.2 Å². The molecular weight excluding hydrogens is 210 g/mol. The number of carbonyl (C=O) groups is 1. The first-order chi connectivity index (χ1) is 7.60. The molecule has 1 aliphatic heterocycles. The summed E-state index contributed by atoms with van der Waals surface area (Å²) in [5.41, 5.74) is 11.0. The second-order valence-corrected chi connectivity index (χ2v) is 3.77. The van der Waals surface area contributed by atoms with Crippen LogP contribution >= 0.6 is 0 Å². The molecule has 0 radical (unpaired) electrons. The zero-order valence-corrected chi connectivity index (χ0v) is 8.63. The van der Waals surface area contributed by atoms with Gasteiger partial charge in [-0.25, -0.2) is 0 Å². The fraction of sp³-hybridized carbons (Fsp3) is 0.444. The predicted octanol–water partition coefficient (Wildman–Crippen LogP) is -1.01. The van der Waals surface area contributed by atoms with Crippen molar-refractivity contribution in [2.24, 2.45) is 5.92 Å². The number of nitrogen functional groups attached to an aromatic ring is 2. The normalized spacial score (nSPS) is 20.4. The van der Waals surface area contributed by atoms with E-state index in [0.29, 0.717) is 18.8 Å². The molecule has 1 aromatic rings. The number of aliphatic hydroxyl groups excluding tert-OH is 1. The van der Waals surface area contributed by atoms with Crippen molar-refractivity contribution in [1.29, 1.82) is 0 Å². The van der Waals surface area contributed by atoms with Gasteiger partial charge in [0.2, 0.25) is 11.9 Å². The summed E-state index contributed by atoms with van der Waals surface area (Å²) in [6.45, 7) is 0.420. The first-order valence-corrected chi connectivity index (χ1v) is 4.91. The van der Waals surface area contributed by atoms with Crippen molar-refractivity contribution in [3.63, 3.8) is 0 Å². The Morgan fingerprint density at radius 2 is 2.25 bits per heavy atom. The van der Waals surface area contributed by atoms with E-state index in [0.717, 1.165) is 0 Å². The van der Waals surface area contributed by atoms with Gasteiger partial charge in [0.25, 0.3) is 0 Å². The minimum atomic E-state index is -0.0865. The zero-order valence-electron chi connectivity index (χ0n) is 8.63. The lowest BCUT2D eigenvalue weighted by molar-refractivity contribution is -0.117. The number of nitrogens with two attached hydrogens (primary N) is 2. The van der Waals surface area contributed by atoms with Gasteiger partial charge >= 0.3 is 0 Å². The molecule has 0 aromatic carbocycles. The van der Waals surface area contributed by atoms with Gasteiger partial charge in [-0.3, -0.25) is 9.69 Å². The Bertz CT molecular complexity index is 402. The van der Waals surface area contributed by atoms with Crippen molar-refractivity contribution in [1.82, 2.24) is 9.97 Å². The molecule has 0 spiro atoms. The van der Waals surface area contributed by atoms with Crippen LogP contribution in [0.1, 0.15) is 6.42 Å². The first-order valence-electron chi connectivity index (χ1n) is 4.91. The number of hydrogen-bond acceptors (Lipinski definition) is 6. The van der Waals surface area contributed by atoms with Crippen LogP contribution in [0.3, 0.4) is 0 Å². The van der Waals surface area contributed by atoms with Crippen LogP contribution < -0.4 is 16.4 Å². The smallest absolute Gasteiger partial charge is 0.228 e. The van der Waals surface area contributed by atoms with Gasteiger partial charge in [0.1, 0.15) is 11.6 Å². The Labute approximate surface area is 92.1 Å². The molecule has 86 valence electrons. The van der Waals surface area contributed by atoms with Gasteiger partial charge < -0.3 is 16.6 Å². The highest BCUT2D eigenvalue weighted by Crippen LogP contribution is 2.24. The van der Waals surface area contributed by atoms with Gasteiger partial charge in [0.15, 0.2) is 0 Å². The molecule has 1 aliphatic rings. The van der Waals surface area contributed by atoms with E-state index in [1.165, 1.54) is 11.0 Å². The lowest BCUT2D eigenvalue weighted by atomic mass is 10.1. The van der Waals surface area contributed by atoms with Crippen LogP contribution in [0.2, 0.25) is 0 Å². The third-order valence-corrected chi connectivity index (χ3v) is 2.49. The number of hydrogen-bond donors (Lipinski definition) is 3. The molecule has 1 atom stereocenters. The van der Waals surface area contributed by atoms with E-state index < -0.39 is 0 Å². The molecular formula is C9H13N5O2. The molecule has 7 nitrogen and oxygen atoms in total. The number of carbonyl (C=O) groups excluding carboxylic acids is 1. The Morgan fingerprint density at radius 1 is 1.50 bits per heavy atom. The van der Waals surface area contributed by atoms with Crippen LogP contribution in [-0.2, 0) is 4.79 Å². The molecule has 2 rings (SSSR count). The molecule has 1 aromatic heterocycles. The number of aliphatic hydroxyl groups is 1. The monoisotopic (exact) mass is 223 g/mol. The summed E-state index contributed by atoms with van der Waals surface area (Å²) >= 11 is 0. The van der Waals surface area contributed by atoms with Crippen molar-refractivity contribution in [2.45, 2.75) is 6.42 Å². The lowest BCUT2D eigenvalue weighted by Gasteiger charge is -2.15. The summed E-state index contributed by atoms with van der Waals surface area (Å²) in [5, 5.41) is 9.00. The highest BCUT2D eigenvalue weighted by atomic mass is 16.3.